The number of halogens is 3. The van der Waals surface area contributed by atoms with Gasteiger partial charge in [0.15, 0.2) is 5.13 Å². The smallest absolute Gasteiger partial charge is 0.260 e. The summed E-state index contributed by atoms with van der Waals surface area (Å²) < 4.78 is 15.1. The molecule has 1 heterocycles. The van der Waals surface area contributed by atoms with E-state index in [0.717, 1.165) is 22.1 Å². The minimum Gasteiger partial charge on any atom is -0.309 e. The van der Waals surface area contributed by atoms with Gasteiger partial charge in [0.25, 0.3) is 5.91 Å². The molecule has 0 atom stereocenters. The fourth-order valence-corrected chi connectivity index (χ4v) is 4.02. The summed E-state index contributed by atoms with van der Waals surface area (Å²) in [5.41, 5.74) is 1.29. The molecule has 27 heavy (non-hydrogen) atoms. The number of thiazole rings is 1. The highest BCUT2D eigenvalue weighted by molar-refractivity contribution is 9.10. The van der Waals surface area contributed by atoms with Crippen molar-refractivity contribution in [1.29, 1.82) is 0 Å². The zero-order chi connectivity index (χ0) is 18.7. The van der Waals surface area contributed by atoms with Crippen LogP contribution in [0.25, 0.3) is 10.2 Å². The first-order chi connectivity index (χ1) is 12.4. The molecule has 0 aliphatic rings. The summed E-state index contributed by atoms with van der Waals surface area (Å²) in [6.07, 6.45) is 0.816. The Hall–Kier alpha value is -1.54. The predicted molar refractivity (Wildman–Crippen MR) is 116 cm³/mol. The lowest BCUT2D eigenvalue weighted by Crippen LogP contribution is -2.33. The maximum Gasteiger partial charge on any atom is 0.260 e. The normalized spacial score (nSPS) is 10.9. The highest BCUT2D eigenvalue weighted by Gasteiger charge is 2.21. The van der Waals surface area contributed by atoms with E-state index in [9.17, 15) is 9.18 Å². The molecule has 8 heteroatoms. The van der Waals surface area contributed by atoms with Crippen molar-refractivity contribution in [3.05, 3.63) is 58.3 Å². The van der Waals surface area contributed by atoms with Crippen LogP contribution in [0.4, 0.5) is 9.52 Å². The first kappa shape index (κ1) is 21.8. The van der Waals surface area contributed by atoms with Gasteiger partial charge in [-0.25, -0.2) is 9.37 Å². The number of rotatable bonds is 6. The van der Waals surface area contributed by atoms with Crippen molar-refractivity contribution in [2.75, 3.05) is 32.1 Å². The molecular weight excluding hydrogens is 453 g/mol. The number of carbonyl (C=O) groups is 1. The minimum absolute atomic E-state index is 0. The van der Waals surface area contributed by atoms with E-state index in [1.54, 1.807) is 23.1 Å². The molecule has 0 saturated carbocycles. The Kier molecular flexibility index (Phi) is 7.73. The van der Waals surface area contributed by atoms with E-state index in [-0.39, 0.29) is 24.1 Å². The van der Waals surface area contributed by atoms with Crippen LogP contribution in [0, 0.1) is 5.82 Å². The molecule has 1 amide bonds. The lowest BCUT2D eigenvalue weighted by atomic mass is 10.2. The monoisotopic (exact) mass is 471 g/mol. The zero-order valence-corrected chi connectivity index (χ0v) is 18.2. The highest BCUT2D eigenvalue weighted by Crippen LogP contribution is 2.30. The van der Waals surface area contributed by atoms with Crippen molar-refractivity contribution in [3.8, 4) is 0 Å². The standard InChI is InChI=1S/C19H19BrFN3OS.ClH/c1-23(2)9-4-10-24(18(25)13-5-3-6-14(20)11-13)19-22-16-8-7-15(21)12-17(16)26-19;/h3,5-8,11-12H,4,9-10H2,1-2H3;1H. The molecule has 0 saturated heterocycles. The van der Waals surface area contributed by atoms with Gasteiger partial charge < -0.3 is 4.90 Å². The largest absolute Gasteiger partial charge is 0.309 e. The maximum atomic E-state index is 13.5. The average molecular weight is 473 g/mol. The molecule has 2 aromatic carbocycles. The van der Waals surface area contributed by atoms with Crippen LogP contribution in [0.15, 0.2) is 46.9 Å². The molecule has 0 bridgehead atoms. The molecule has 0 N–H and O–H groups in total. The number of hydrogen-bond acceptors (Lipinski definition) is 4. The van der Waals surface area contributed by atoms with Gasteiger partial charge in [0.05, 0.1) is 10.2 Å². The highest BCUT2D eigenvalue weighted by atomic mass is 79.9. The fraction of sp³-hybridized carbons (Fsp3) is 0.263. The fourth-order valence-electron chi connectivity index (χ4n) is 2.61. The van der Waals surface area contributed by atoms with Gasteiger partial charge >= 0.3 is 0 Å². The molecule has 0 spiro atoms. The summed E-state index contributed by atoms with van der Waals surface area (Å²) in [5, 5.41) is 0.592. The number of anilines is 1. The van der Waals surface area contributed by atoms with Crippen molar-refractivity contribution in [3.63, 3.8) is 0 Å². The molecule has 0 radical (unpaired) electrons. The molecule has 0 aliphatic heterocycles. The Morgan fingerprint density at radius 1 is 1.19 bits per heavy atom. The Balaban J connectivity index is 0.00000261. The summed E-state index contributed by atoms with van der Waals surface area (Å²) in [6, 6.07) is 11.8. The van der Waals surface area contributed by atoms with Gasteiger partial charge in [-0.3, -0.25) is 9.69 Å². The predicted octanol–water partition coefficient (Wildman–Crippen LogP) is 5.22. The van der Waals surface area contributed by atoms with Gasteiger partial charge in [-0.15, -0.1) is 12.4 Å². The van der Waals surface area contributed by atoms with Crippen LogP contribution in [0.5, 0.6) is 0 Å². The quantitative estimate of drug-likeness (QED) is 0.494. The lowest BCUT2D eigenvalue weighted by molar-refractivity contribution is 0.0986. The number of benzene rings is 2. The number of amides is 1. The van der Waals surface area contributed by atoms with Crippen LogP contribution in [0.1, 0.15) is 16.8 Å². The third-order valence-corrected chi connectivity index (χ3v) is 5.41. The number of nitrogens with zero attached hydrogens (tertiary/aromatic N) is 3. The topological polar surface area (TPSA) is 36.4 Å². The zero-order valence-electron chi connectivity index (χ0n) is 15.0. The number of fused-ring (bicyclic) bond motifs is 1. The SMILES string of the molecule is CN(C)CCCN(C(=O)c1cccc(Br)c1)c1nc2ccc(F)cc2s1.Cl. The van der Waals surface area contributed by atoms with E-state index in [0.29, 0.717) is 22.8 Å². The molecule has 3 aromatic rings. The van der Waals surface area contributed by atoms with Gasteiger partial charge in [-0.05, 0) is 63.5 Å². The van der Waals surface area contributed by atoms with Gasteiger partial charge in [-0.1, -0.05) is 33.3 Å². The van der Waals surface area contributed by atoms with Gasteiger partial charge in [0.2, 0.25) is 0 Å². The van der Waals surface area contributed by atoms with Crippen LogP contribution in [0.3, 0.4) is 0 Å². The Morgan fingerprint density at radius 2 is 1.96 bits per heavy atom. The van der Waals surface area contributed by atoms with E-state index in [1.165, 1.54) is 23.5 Å². The molecule has 3 rings (SSSR count). The Bertz CT molecular complexity index is 934. The number of aromatic nitrogens is 1. The average Bonchev–Trinajstić information content (AvgIpc) is 3.00. The summed E-state index contributed by atoms with van der Waals surface area (Å²) in [7, 11) is 4.00. The third-order valence-electron chi connectivity index (χ3n) is 3.87. The van der Waals surface area contributed by atoms with Crippen molar-refractivity contribution in [1.82, 2.24) is 9.88 Å². The molecule has 0 aliphatic carbocycles. The maximum absolute atomic E-state index is 13.5. The van der Waals surface area contributed by atoms with Crippen molar-refractivity contribution >= 4 is 60.9 Å². The van der Waals surface area contributed by atoms with Crippen LogP contribution in [-0.2, 0) is 0 Å². The molecular formula is C19H20BrClFN3OS. The van der Waals surface area contributed by atoms with Crippen molar-refractivity contribution in [2.45, 2.75) is 6.42 Å². The summed E-state index contributed by atoms with van der Waals surface area (Å²) >= 11 is 4.75. The third kappa shape index (κ3) is 5.48. The Morgan fingerprint density at radius 3 is 2.67 bits per heavy atom. The number of carbonyl (C=O) groups excluding carboxylic acids is 1. The first-order valence-electron chi connectivity index (χ1n) is 8.22. The van der Waals surface area contributed by atoms with E-state index in [4.69, 9.17) is 0 Å². The van der Waals surface area contributed by atoms with Gasteiger partial charge in [0.1, 0.15) is 5.82 Å². The van der Waals surface area contributed by atoms with Gasteiger partial charge in [-0.2, -0.15) is 0 Å². The van der Waals surface area contributed by atoms with E-state index >= 15 is 0 Å². The van der Waals surface area contributed by atoms with Gasteiger partial charge in [0, 0.05) is 16.6 Å². The van der Waals surface area contributed by atoms with Crippen LogP contribution in [-0.4, -0.2) is 43.0 Å². The lowest BCUT2D eigenvalue weighted by Gasteiger charge is -2.21. The Labute approximate surface area is 176 Å². The minimum atomic E-state index is -0.301. The second-order valence-electron chi connectivity index (χ2n) is 6.23. The van der Waals surface area contributed by atoms with Crippen molar-refractivity contribution < 1.29 is 9.18 Å². The summed E-state index contributed by atoms with van der Waals surface area (Å²) in [5.74, 6) is -0.408. The van der Waals surface area contributed by atoms with E-state index in [1.807, 2.05) is 26.2 Å². The van der Waals surface area contributed by atoms with Crippen LogP contribution in [0.2, 0.25) is 0 Å². The van der Waals surface area contributed by atoms with E-state index < -0.39 is 0 Å². The molecule has 4 nitrogen and oxygen atoms in total. The first-order valence-corrected chi connectivity index (χ1v) is 9.83. The van der Waals surface area contributed by atoms with Crippen molar-refractivity contribution in [2.24, 2.45) is 0 Å². The van der Waals surface area contributed by atoms with E-state index in [2.05, 4.69) is 25.8 Å². The van der Waals surface area contributed by atoms with Crippen LogP contribution < -0.4 is 4.90 Å². The second kappa shape index (κ2) is 9.59. The second-order valence-corrected chi connectivity index (χ2v) is 8.16. The molecule has 1 aromatic heterocycles. The number of hydrogen-bond donors (Lipinski definition) is 0. The summed E-state index contributed by atoms with van der Waals surface area (Å²) in [4.78, 5) is 21.4. The summed E-state index contributed by atoms with van der Waals surface area (Å²) in [6.45, 7) is 1.41. The molecule has 0 fully saturated rings. The van der Waals surface area contributed by atoms with Crippen LogP contribution >= 0.6 is 39.7 Å². The molecule has 0 unspecified atom stereocenters. The molecule has 144 valence electrons.